The van der Waals surface area contributed by atoms with Crippen LogP contribution in [-0.4, -0.2) is 16.0 Å². The van der Waals surface area contributed by atoms with Crippen molar-refractivity contribution in [1.82, 2.24) is 10.2 Å². The molecule has 1 rings (SSSR count). The average molecular weight is 154 g/mol. The second kappa shape index (κ2) is 4.66. The predicted octanol–water partition coefficient (Wildman–Crippen LogP) is 1.95. The predicted molar refractivity (Wildman–Crippen MR) is 44.7 cm³/mol. The minimum Gasteiger partial charge on any atom is -0.293 e. The second-order valence-corrected chi connectivity index (χ2v) is 1.98. The van der Waals surface area contributed by atoms with Gasteiger partial charge < -0.3 is 0 Å². The number of aromatic nitrogens is 2. The van der Waals surface area contributed by atoms with Gasteiger partial charge in [-0.2, -0.15) is 5.10 Å². The van der Waals surface area contributed by atoms with Crippen molar-refractivity contribution < 1.29 is 4.79 Å². The van der Waals surface area contributed by atoms with Crippen molar-refractivity contribution in [1.29, 1.82) is 0 Å². The van der Waals surface area contributed by atoms with E-state index < -0.39 is 0 Å². The van der Waals surface area contributed by atoms with Gasteiger partial charge in [-0.15, -0.1) is 0 Å². The van der Waals surface area contributed by atoms with Crippen molar-refractivity contribution >= 4 is 5.78 Å². The molecule has 0 radical (unpaired) electrons. The zero-order valence-corrected chi connectivity index (χ0v) is 7.43. The number of aryl methyl sites for hydroxylation is 1. The van der Waals surface area contributed by atoms with Crippen molar-refractivity contribution in [3.63, 3.8) is 0 Å². The number of carbonyl (C=O) groups is 1. The SMILES string of the molecule is CC.CC(=O)c1[nH]ncc1C. The van der Waals surface area contributed by atoms with Gasteiger partial charge in [0.15, 0.2) is 5.78 Å². The second-order valence-electron chi connectivity index (χ2n) is 1.98. The molecular weight excluding hydrogens is 140 g/mol. The number of hydrogen-bond donors (Lipinski definition) is 1. The van der Waals surface area contributed by atoms with E-state index in [1.807, 2.05) is 20.8 Å². The highest BCUT2D eigenvalue weighted by Crippen LogP contribution is 2.01. The van der Waals surface area contributed by atoms with Crippen molar-refractivity contribution in [3.8, 4) is 0 Å². The molecule has 0 aromatic carbocycles. The summed E-state index contributed by atoms with van der Waals surface area (Å²) >= 11 is 0. The van der Waals surface area contributed by atoms with E-state index in [1.165, 1.54) is 6.92 Å². The van der Waals surface area contributed by atoms with Crippen LogP contribution in [0, 0.1) is 6.92 Å². The molecule has 0 spiro atoms. The summed E-state index contributed by atoms with van der Waals surface area (Å²) in [6.07, 6.45) is 1.64. The lowest BCUT2D eigenvalue weighted by atomic mass is 10.2. The van der Waals surface area contributed by atoms with Crippen LogP contribution >= 0.6 is 0 Å². The Bertz CT molecular complexity index is 228. The molecular formula is C8H14N2O. The first-order valence-electron chi connectivity index (χ1n) is 3.72. The molecule has 11 heavy (non-hydrogen) atoms. The Morgan fingerprint density at radius 1 is 1.55 bits per heavy atom. The lowest BCUT2D eigenvalue weighted by Gasteiger charge is -1.86. The average Bonchev–Trinajstić information content (AvgIpc) is 2.39. The van der Waals surface area contributed by atoms with Gasteiger partial charge in [0.05, 0.1) is 6.20 Å². The Morgan fingerprint density at radius 3 is 2.27 bits per heavy atom. The molecule has 0 fully saturated rings. The zero-order chi connectivity index (χ0) is 8.85. The van der Waals surface area contributed by atoms with Crippen molar-refractivity contribution in [3.05, 3.63) is 17.5 Å². The fourth-order valence-electron chi connectivity index (χ4n) is 0.703. The van der Waals surface area contributed by atoms with Gasteiger partial charge in [0.1, 0.15) is 5.69 Å². The third-order valence-corrected chi connectivity index (χ3v) is 1.18. The molecule has 0 aliphatic rings. The maximum absolute atomic E-state index is 10.7. The number of nitrogens with one attached hydrogen (secondary N) is 1. The Balaban J connectivity index is 0.000000461. The Morgan fingerprint density at radius 2 is 2.09 bits per heavy atom. The monoisotopic (exact) mass is 154 g/mol. The maximum Gasteiger partial charge on any atom is 0.177 e. The topological polar surface area (TPSA) is 45.8 Å². The number of aromatic amines is 1. The third kappa shape index (κ3) is 2.53. The summed E-state index contributed by atoms with van der Waals surface area (Å²) in [7, 11) is 0. The number of ketones is 1. The summed E-state index contributed by atoms with van der Waals surface area (Å²) in [5.74, 6) is 0.0324. The minimum atomic E-state index is 0.0324. The molecule has 0 amide bonds. The molecule has 0 atom stereocenters. The van der Waals surface area contributed by atoms with E-state index in [-0.39, 0.29) is 5.78 Å². The quantitative estimate of drug-likeness (QED) is 0.628. The Labute approximate surface area is 66.8 Å². The first kappa shape index (κ1) is 9.88. The number of Topliss-reactive ketones (excluding diaryl/α,β-unsaturated/α-hetero) is 1. The normalized spacial score (nSPS) is 8.36. The van der Waals surface area contributed by atoms with Crippen LogP contribution in [-0.2, 0) is 0 Å². The highest BCUT2D eigenvalue weighted by Gasteiger charge is 2.02. The summed E-state index contributed by atoms with van der Waals surface area (Å²) < 4.78 is 0. The summed E-state index contributed by atoms with van der Waals surface area (Å²) in [6.45, 7) is 7.36. The molecule has 1 aromatic rings. The maximum atomic E-state index is 10.7. The Kier molecular flexibility index (Phi) is 4.18. The molecule has 3 heteroatoms. The van der Waals surface area contributed by atoms with Crippen LogP contribution in [0.4, 0.5) is 0 Å². The number of hydrogen-bond acceptors (Lipinski definition) is 2. The minimum absolute atomic E-state index is 0.0324. The highest BCUT2D eigenvalue weighted by molar-refractivity contribution is 5.93. The lowest BCUT2D eigenvalue weighted by molar-refractivity contribution is 0.101. The van der Waals surface area contributed by atoms with Gasteiger partial charge in [-0.25, -0.2) is 0 Å². The molecule has 0 saturated carbocycles. The van der Waals surface area contributed by atoms with Crippen LogP contribution in [0.2, 0.25) is 0 Å². The van der Waals surface area contributed by atoms with Crippen LogP contribution in [0.15, 0.2) is 6.20 Å². The highest BCUT2D eigenvalue weighted by atomic mass is 16.1. The van der Waals surface area contributed by atoms with E-state index in [4.69, 9.17) is 0 Å². The molecule has 1 aromatic heterocycles. The van der Waals surface area contributed by atoms with Crippen LogP contribution in [0.5, 0.6) is 0 Å². The number of carbonyl (C=O) groups excluding carboxylic acids is 1. The van der Waals surface area contributed by atoms with E-state index in [9.17, 15) is 4.79 Å². The molecule has 0 saturated heterocycles. The van der Waals surface area contributed by atoms with Gasteiger partial charge in [-0.3, -0.25) is 9.89 Å². The van der Waals surface area contributed by atoms with Gasteiger partial charge in [0.2, 0.25) is 0 Å². The molecule has 0 aliphatic heterocycles. The van der Waals surface area contributed by atoms with E-state index in [0.717, 1.165) is 5.56 Å². The van der Waals surface area contributed by atoms with Gasteiger partial charge in [-0.05, 0) is 12.5 Å². The van der Waals surface area contributed by atoms with Crippen molar-refractivity contribution in [2.24, 2.45) is 0 Å². The van der Waals surface area contributed by atoms with Crippen molar-refractivity contribution in [2.75, 3.05) is 0 Å². The van der Waals surface area contributed by atoms with E-state index in [1.54, 1.807) is 6.20 Å². The van der Waals surface area contributed by atoms with E-state index >= 15 is 0 Å². The molecule has 0 aliphatic carbocycles. The number of H-pyrrole nitrogens is 1. The van der Waals surface area contributed by atoms with Gasteiger partial charge in [-0.1, -0.05) is 13.8 Å². The summed E-state index contributed by atoms with van der Waals surface area (Å²) in [5, 5.41) is 6.30. The van der Waals surface area contributed by atoms with Gasteiger partial charge >= 0.3 is 0 Å². The fraction of sp³-hybridized carbons (Fsp3) is 0.500. The van der Waals surface area contributed by atoms with Gasteiger partial charge in [0, 0.05) is 6.92 Å². The largest absolute Gasteiger partial charge is 0.293 e. The van der Waals surface area contributed by atoms with Crippen LogP contribution in [0.3, 0.4) is 0 Å². The first-order valence-corrected chi connectivity index (χ1v) is 3.72. The zero-order valence-electron chi connectivity index (χ0n) is 7.43. The molecule has 0 unspecified atom stereocenters. The van der Waals surface area contributed by atoms with Crippen LogP contribution < -0.4 is 0 Å². The van der Waals surface area contributed by atoms with E-state index in [2.05, 4.69) is 10.2 Å². The molecule has 3 nitrogen and oxygen atoms in total. The van der Waals surface area contributed by atoms with Crippen LogP contribution in [0.1, 0.15) is 36.8 Å². The lowest BCUT2D eigenvalue weighted by Crippen LogP contribution is -1.93. The van der Waals surface area contributed by atoms with Crippen LogP contribution in [0.25, 0.3) is 0 Å². The summed E-state index contributed by atoms with van der Waals surface area (Å²) in [4.78, 5) is 10.7. The fourth-order valence-corrected chi connectivity index (χ4v) is 0.703. The number of nitrogens with zero attached hydrogens (tertiary/aromatic N) is 1. The first-order chi connectivity index (χ1) is 5.22. The molecule has 0 bridgehead atoms. The Hall–Kier alpha value is -1.12. The molecule has 1 N–H and O–H groups in total. The standard InChI is InChI=1S/C6H8N2O.C2H6/c1-4-3-7-8-6(4)5(2)9;1-2/h3H,1-2H3,(H,7,8);1-2H3. The summed E-state index contributed by atoms with van der Waals surface area (Å²) in [5.41, 5.74) is 1.51. The molecule has 1 heterocycles. The van der Waals surface area contributed by atoms with Crippen molar-refractivity contribution in [2.45, 2.75) is 27.7 Å². The summed E-state index contributed by atoms with van der Waals surface area (Å²) in [6, 6.07) is 0. The number of rotatable bonds is 1. The third-order valence-electron chi connectivity index (χ3n) is 1.18. The van der Waals surface area contributed by atoms with E-state index in [0.29, 0.717) is 5.69 Å². The molecule has 62 valence electrons. The van der Waals surface area contributed by atoms with Gasteiger partial charge in [0.25, 0.3) is 0 Å². The smallest absolute Gasteiger partial charge is 0.177 e.